The second kappa shape index (κ2) is 8.83. The topological polar surface area (TPSA) is 74.6 Å². The number of aromatic carboxylic acids is 2. The van der Waals surface area contributed by atoms with E-state index in [2.05, 4.69) is 0 Å². The Balaban J connectivity index is 0. The molecule has 0 amide bonds. The summed E-state index contributed by atoms with van der Waals surface area (Å²) in [6, 6.07) is 1.12. The van der Waals surface area contributed by atoms with Crippen molar-refractivity contribution in [3.63, 3.8) is 0 Å². The quantitative estimate of drug-likeness (QED) is 0.803. The molecular weight excluding hydrogens is 343 g/mol. The minimum Gasteiger partial charge on any atom is -0.478 e. The molecule has 0 aliphatic heterocycles. The zero-order chi connectivity index (χ0) is 13.4. The SMILES string of the molecule is O=C(O)c1c(Cl)ccc(C(F)(F)F)c1C(=O)O.[K].[K]. The van der Waals surface area contributed by atoms with Gasteiger partial charge in [0.2, 0.25) is 0 Å². The van der Waals surface area contributed by atoms with E-state index in [4.69, 9.17) is 21.8 Å². The summed E-state index contributed by atoms with van der Waals surface area (Å²) in [5, 5.41) is 16.8. The second-order valence-corrected chi connectivity index (χ2v) is 3.36. The Bertz CT molecular complexity index is 505. The molecule has 0 bridgehead atoms. The van der Waals surface area contributed by atoms with Crippen molar-refractivity contribution in [2.45, 2.75) is 6.18 Å². The molecule has 2 N–H and O–H groups in total. The fourth-order valence-electron chi connectivity index (χ4n) is 1.24. The van der Waals surface area contributed by atoms with E-state index in [1.54, 1.807) is 0 Å². The maximum Gasteiger partial charge on any atom is 0.417 e. The molecule has 0 heterocycles. The summed E-state index contributed by atoms with van der Waals surface area (Å²) < 4.78 is 37.5. The Kier molecular flexibility index (Phi) is 10.6. The van der Waals surface area contributed by atoms with Crippen molar-refractivity contribution in [3.05, 3.63) is 33.8 Å². The average Bonchev–Trinajstić information content (AvgIpc) is 2.14. The second-order valence-electron chi connectivity index (χ2n) is 2.95. The summed E-state index contributed by atoms with van der Waals surface area (Å²) in [4.78, 5) is 21.4. The molecule has 94 valence electrons. The Hall–Kier alpha value is 1.51. The standard InChI is InChI=1S/C9H4ClF3O4.2K/c10-4-2-1-3(9(11,12)13)5(7(14)15)6(4)8(16)17;;/h1-2H,(H,14,15)(H,16,17);;. The maximum absolute atomic E-state index is 12.5. The Morgan fingerprint density at radius 3 is 1.74 bits per heavy atom. The fourth-order valence-corrected chi connectivity index (χ4v) is 1.48. The zero-order valence-electron chi connectivity index (χ0n) is 9.88. The van der Waals surface area contributed by atoms with Crippen LogP contribution < -0.4 is 0 Å². The van der Waals surface area contributed by atoms with Gasteiger partial charge in [-0.15, -0.1) is 0 Å². The van der Waals surface area contributed by atoms with E-state index in [1.807, 2.05) is 0 Å². The van der Waals surface area contributed by atoms with Crippen LogP contribution >= 0.6 is 11.6 Å². The number of halogens is 4. The molecule has 4 nitrogen and oxygen atoms in total. The molecule has 0 atom stereocenters. The van der Waals surface area contributed by atoms with Gasteiger partial charge < -0.3 is 10.2 Å². The van der Waals surface area contributed by atoms with Gasteiger partial charge in [-0.25, -0.2) is 9.59 Å². The smallest absolute Gasteiger partial charge is 0.417 e. The molecule has 1 aromatic carbocycles. The molecule has 10 heteroatoms. The van der Waals surface area contributed by atoms with Crippen molar-refractivity contribution in [2.24, 2.45) is 0 Å². The fraction of sp³-hybridized carbons (Fsp3) is 0.111. The molecule has 1 rings (SSSR count). The normalized spacial score (nSPS) is 10.1. The van der Waals surface area contributed by atoms with Gasteiger partial charge in [-0.2, -0.15) is 13.2 Å². The molecule has 0 saturated heterocycles. The first kappa shape index (κ1) is 22.8. The first-order valence-electron chi connectivity index (χ1n) is 4.02. The number of hydrogen-bond acceptors (Lipinski definition) is 2. The van der Waals surface area contributed by atoms with Crippen LogP contribution in [-0.2, 0) is 6.18 Å². The van der Waals surface area contributed by atoms with E-state index >= 15 is 0 Å². The van der Waals surface area contributed by atoms with Crippen LogP contribution in [0.5, 0.6) is 0 Å². The van der Waals surface area contributed by atoms with Crippen LogP contribution in [0.3, 0.4) is 0 Å². The Labute approximate surface area is 195 Å². The van der Waals surface area contributed by atoms with Crippen LogP contribution in [0.2, 0.25) is 5.02 Å². The number of alkyl halides is 3. The largest absolute Gasteiger partial charge is 0.478 e. The molecular formula is C9H4ClF3K2O4. The van der Waals surface area contributed by atoms with E-state index in [9.17, 15) is 22.8 Å². The molecule has 1 aromatic rings. The third kappa shape index (κ3) is 5.66. The summed E-state index contributed by atoms with van der Waals surface area (Å²) in [6.07, 6.45) is -4.97. The van der Waals surface area contributed by atoms with Gasteiger partial charge in [-0.1, -0.05) is 11.6 Å². The van der Waals surface area contributed by atoms with Gasteiger partial charge in [0.25, 0.3) is 0 Å². The van der Waals surface area contributed by atoms with Gasteiger partial charge in [-0.3, -0.25) is 0 Å². The summed E-state index contributed by atoms with van der Waals surface area (Å²) in [7, 11) is 0. The number of carboxylic acid groups (broad SMARTS) is 2. The van der Waals surface area contributed by atoms with Crippen LogP contribution in [0.1, 0.15) is 26.3 Å². The zero-order valence-corrected chi connectivity index (χ0v) is 16.9. The minimum absolute atomic E-state index is 0. The van der Waals surface area contributed by atoms with Gasteiger partial charge >= 0.3 is 18.1 Å². The average molecular weight is 347 g/mol. The van der Waals surface area contributed by atoms with Gasteiger partial charge in [-0.05, 0) is 12.1 Å². The van der Waals surface area contributed by atoms with Crippen LogP contribution in [0.15, 0.2) is 12.1 Å². The van der Waals surface area contributed by atoms with Crippen LogP contribution in [0.4, 0.5) is 13.2 Å². The van der Waals surface area contributed by atoms with E-state index < -0.39 is 39.8 Å². The Morgan fingerprint density at radius 2 is 1.42 bits per heavy atom. The van der Waals surface area contributed by atoms with Gasteiger partial charge in [0.1, 0.15) is 0 Å². The number of carboxylic acids is 2. The van der Waals surface area contributed by atoms with E-state index in [0.717, 1.165) is 0 Å². The third-order valence-electron chi connectivity index (χ3n) is 1.89. The minimum atomic E-state index is -4.97. The van der Waals surface area contributed by atoms with Gasteiger partial charge in [0.15, 0.2) is 0 Å². The first-order valence-corrected chi connectivity index (χ1v) is 4.40. The van der Waals surface area contributed by atoms with Crippen molar-refractivity contribution in [3.8, 4) is 0 Å². The van der Waals surface area contributed by atoms with Crippen molar-refractivity contribution in [2.75, 3.05) is 0 Å². The molecule has 0 fully saturated rings. The summed E-state index contributed by atoms with van der Waals surface area (Å²) in [5.41, 5.74) is -3.99. The van der Waals surface area contributed by atoms with Crippen LogP contribution in [-0.4, -0.2) is 125 Å². The molecule has 0 aliphatic rings. The molecule has 2 radical (unpaired) electrons. The monoisotopic (exact) mass is 346 g/mol. The molecule has 19 heavy (non-hydrogen) atoms. The summed E-state index contributed by atoms with van der Waals surface area (Å²) in [5.74, 6) is -3.84. The number of benzene rings is 1. The number of hydrogen-bond donors (Lipinski definition) is 2. The van der Waals surface area contributed by atoms with Crippen molar-refractivity contribution in [1.29, 1.82) is 0 Å². The third-order valence-corrected chi connectivity index (χ3v) is 2.20. The van der Waals surface area contributed by atoms with Crippen molar-refractivity contribution < 1.29 is 33.0 Å². The van der Waals surface area contributed by atoms with E-state index in [-0.39, 0.29) is 103 Å². The molecule has 0 spiro atoms. The predicted molar refractivity (Wildman–Crippen MR) is 61.9 cm³/mol. The first-order chi connectivity index (χ1) is 7.66. The summed E-state index contributed by atoms with van der Waals surface area (Å²) in [6.45, 7) is 0. The number of carbonyl (C=O) groups is 2. The van der Waals surface area contributed by atoms with Crippen LogP contribution in [0.25, 0.3) is 0 Å². The van der Waals surface area contributed by atoms with Crippen LogP contribution in [0, 0.1) is 0 Å². The number of rotatable bonds is 2. The van der Waals surface area contributed by atoms with Gasteiger partial charge in [0, 0.05) is 103 Å². The molecule has 0 unspecified atom stereocenters. The summed E-state index contributed by atoms with van der Waals surface area (Å²) >= 11 is 5.38. The van der Waals surface area contributed by atoms with Crippen molar-refractivity contribution in [1.82, 2.24) is 0 Å². The van der Waals surface area contributed by atoms with E-state index in [1.165, 1.54) is 0 Å². The predicted octanol–water partition coefficient (Wildman–Crippen LogP) is 1.99. The van der Waals surface area contributed by atoms with Gasteiger partial charge in [0.05, 0.1) is 21.7 Å². The van der Waals surface area contributed by atoms with E-state index in [0.29, 0.717) is 12.1 Å². The Morgan fingerprint density at radius 1 is 1.00 bits per heavy atom. The molecule has 0 aromatic heterocycles. The molecule has 0 aliphatic carbocycles. The maximum atomic E-state index is 12.5. The molecule has 0 saturated carbocycles. The van der Waals surface area contributed by atoms with Crippen molar-refractivity contribution >= 4 is 126 Å².